The first-order valence-corrected chi connectivity index (χ1v) is 8.93. The Morgan fingerprint density at radius 1 is 0.704 bits per heavy atom. The number of anilines is 1. The summed E-state index contributed by atoms with van der Waals surface area (Å²) in [6, 6.07) is 25.3. The van der Waals surface area contributed by atoms with Gasteiger partial charge >= 0.3 is 0 Å². The van der Waals surface area contributed by atoms with E-state index in [1.54, 1.807) is 12.4 Å². The highest BCUT2D eigenvalue weighted by molar-refractivity contribution is 5.98. The number of fused-ring (bicyclic) bond motifs is 1. The third-order valence-corrected chi connectivity index (χ3v) is 4.57. The Morgan fingerprint density at radius 2 is 1.37 bits per heavy atom. The molecule has 2 heteroatoms. The van der Waals surface area contributed by atoms with Crippen LogP contribution in [0.15, 0.2) is 85.2 Å². The summed E-state index contributed by atoms with van der Waals surface area (Å²) in [6.07, 6.45) is 3.52. The topological polar surface area (TPSA) is 16.1 Å². The monoisotopic (exact) mass is 348 g/mol. The predicted octanol–water partition coefficient (Wildman–Crippen LogP) is 5.37. The molecule has 0 aliphatic carbocycles. The highest BCUT2D eigenvalue weighted by Gasteiger charge is 2.07. The second-order valence-corrected chi connectivity index (χ2v) is 6.67. The molecule has 0 saturated carbocycles. The molecular formula is C25H20N2. The van der Waals surface area contributed by atoms with Crippen molar-refractivity contribution >= 4 is 16.5 Å². The first kappa shape index (κ1) is 16.9. The minimum absolute atomic E-state index is 0.972. The maximum Gasteiger partial charge on any atom is 0.0446 e. The van der Waals surface area contributed by atoms with Gasteiger partial charge < -0.3 is 4.90 Å². The van der Waals surface area contributed by atoms with Crippen molar-refractivity contribution in [1.82, 2.24) is 4.98 Å². The number of hydrogen-bond acceptors (Lipinski definition) is 2. The molecule has 0 N–H and O–H groups in total. The van der Waals surface area contributed by atoms with Crippen LogP contribution in [0.4, 0.5) is 5.69 Å². The molecule has 0 unspecified atom stereocenters. The molecule has 4 aromatic rings. The lowest BCUT2D eigenvalue weighted by atomic mass is 9.98. The molecule has 27 heavy (non-hydrogen) atoms. The lowest BCUT2D eigenvalue weighted by Gasteiger charge is -2.17. The maximum atomic E-state index is 4.02. The quantitative estimate of drug-likeness (QED) is 0.453. The first-order valence-electron chi connectivity index (χ1n) is 8.93. The van der Waals surface area contributed by atoms with Crippen molar-refractivity contribution in [3.8, 4) is 23.0 Å². The van der Waals surface area contributed by atoms with Crippen LogP contribution < -0.4 is 4.90 Å². The lowest BCUT2D eigenvalue weighted by molar-refractivity contribution is 1.14. The largest absolute Gasteiger partial charge is 0.377 e. The third kappa shape index (κ3) is 3.68. The highest BCUT2D eigenvalue weighted by atomic mass is 15.1. The van der Waals surface area contributed by atoms with Crippen LogP contribution in [0.25, 0.3) is 21.9 Å². The van der Waals surface area contributed by atoms with Gasteiger partial charge in [-0.1, -0.05) is 48.2 Å². The van der Waals surface area contributed by atoms with Gasteiger partial charge in [0.25, 0.3) is 0 Å². The summed E-state index contributed by atoms with van der Waals surface area (Å²) in [5, 5.41) is 2.52. The van der Waals surface area contributed by atoms with Gasteiger partial charge in [-0.25, -0.2) is 0 Å². The average Bonchev–Trinajstić information content (AvgIpc) is 2.72. The fourth-order valence-corrected chi connectivity index (χ4v) is 3.15. The van der Waals surface area contributed by atoms with E-state index in [0.717, 1.165) is 11.1 Å². The number of pyridine rings is 1. The molecule has 0 aliphatic heterocycles. The molecule has 0 radical (unpaired) electrons. The van der Waals surface area contributed by atoms with E-state index < -0.39 is 0 Å². The van der Waals surface area contributed by atoms with E-state index >= 15 is 0 Å². The summed E-state index contributed by atoms with van der Waals surface area (Å²) in [5.74, 6) is 6.38. The zero-order valence-electron chi connectivity index (χ0n) is 15.5. The molecule has 1 heterocycles. The maximum absolute atomic E-state index is 4.02. The van der Waals surface area contributed by atoms with Crippen LogP contribution in [0.1, 0.15) is 11.1 Å². The second-order valence-electron chi connectivity index (χ2n) is 6.67. The molecule has 0 atom stereocenters. The van der Waals surface area contributed by atoms with Crippen molar-refractivity contribution in [2.45, 2.75) is 0 Å². The molecule has 0 spiro atoms. The third-order valence-electron chi connectivity index (χ3n) is 4.57. The number of nitrogens with zero attached hydrogens (tertiary/aromatic N) is 2. The van der Waals surface area contributed by atoms with Crippen LogP contribution in [0, 0.1) is 11.8 Å². The summed E-state index contributed by atoms with van der Waals surface area (Å²) >= 11 is 0. The Morgan fingerprint density at radius 3 is 2.07 bits per heavy atom. The summed E-state index contributed by atoms with van der Waals surface area (Å²) in [5.41, 5.74) is 5.61. The SMILES string of the molecule is CN(C)c1cc(-c2ccc(C#Cc3ccncc3)cc2)cc2ccccc12. The summed E-state index contributed by atoms with van der Waals surface area (Å²) < 4.78 is 0. The molecule has 0 bridgehead atoms. The fourth-order valence-electron chi connectivity index (χ4n) is 3.15. The van der Waals surface area contributed by atoms with Gasteiger partial charge in [-0.05, 0) is 52.9 Å². The van der Waals surface area contributed by atoms with Crippen LogP contribution in [-0.4, -0.2) is 19.1 Å². The van der Waals surface area contributed by atoms with Crippen molar-refractivity contribution in [3.63, 3.8) is 0 Å². The van der Waals surface area contributed by atoms with Crippen molar-refractivity contribution in [3.05, 3.63) is 96.3 Å². The Bertz CT molecular complexity index is 1130. The summed E-state index contributed by atoms with van der Waals surface area (Å²) in [4.78, 5) is 6.18. The fraction of sp³-hybridized carbons (Fsp3) is 0.0800. The molecule has 0 saturated heterocycles. The molecule has 130 valence electrons. The molecule has 0 amide bonds. The Balaban J connectivity index is 1.69. The van der Waals surface area contributed by atoms with Gasteiger partial charge in [0.05, 0.1) is 0 Å². The van der Waals surface area contributed by atoms with E-state index in [4.69, 9.17) is 0 Å². The van der Waals surface area contributed by atoms with Gasteiger partial charge in [0, 0.05) is 48.7 Å². The standard InChI is InChI=1S/C25H20N2/c1-27(2)25-18-23(17-22-5-3-4-6-24(22)25)21-11-9-19(10-12-21)7-8-20-13-15-26-16-14-20/h3-6,9-18H,1-2H3. The van der Waals surface area contributed by atoms with E-state index in [-0.39, 0.29) is 0 Å². The summed E-state index contributed by atoms with van der Waals surface area (Å²) in [7, 11) is 4.17. The molecule has 1 aromatic heterocycles. The Kier molecular flexibility index (Phi) is 4.60. The van der Waals surface area contributed by atoms with Gasteiger partial charge in [0.2, 0.25) is 0 Å². The molecule has 3 aromatic carbocycles. The van der Waals surface area contributed by atoms with Gasteiger partial charge in [-0.2, -0.15) is 0 Å². The van der Waals surface area contributed by atoms with Gasteiger partial charge in [-0.15, -0.1) is 0 Å². The van der Waals surface area contributed by atoms with Crippen LogP contribution in [0.2, 0.25) is 0 Å². The van der Waals surface area contributed by atoms with Crippen molar-refractivity contribution < 1.29 is 0 Å². The van der Waals surface area contributed by atoms with Crippen molar-refractivity contribution in [1.29, 1.82) is 0 Å². The minimum atomic E-state index is 0.972. The van der Waals surface area contributed by atoms with Crippen LogP contribution in [0.5, 0.6) is 0 Å². The van der Waals surface area contributed by atoms with Gasteiger partial charge in [-0.3, -0.25) is 4.98 Å². The molecule has 2 nitrogen and oxygen atoms in total. The van der Waals surface area contributed by atoms with E-state index in [0.29, 0.717) is 0 Å². The van der Waals surface area contributed by atoms with Crippen molar-refractivity contribution in [2.75, 3.05) is 19.0 Å². The number of aromatic nitrogens is 1. The molecule has 4 rings (SSSR count). The van der Waals surface area contributed by atoms with Crippen LogP contribution >= 0.6 is 0 Å². The second kappa shape index (κ2) is 7.35. The van der Waals surface area contributed by atoms with Gasteiger partial charge in [0.15, 0.2) is 0 Å². The molecular weight excluding hydrogens is 328 g/mol. The number of benzene rings is 3. The predicted molar refractivity (Wildman–Crippen MR) is 114 cm³/mol. The Labute approximate surface area is 160 Å². The van der Waals surface area contributed by atoms with Crippen LogP contribution in [-0.2, 0) is 0 Å². The minimum Gasteiger partial charge on any atom is -0.377 e. The highest BCUT2D eigenvalue weighted by Crippen LogP contribution is 2.32. The lowest BCUT2D eigenvalue weighted by Crippen LogP contribution is -2.09. The molecule has 0 aliphatic rings. The Hall–Kier alpha value is -3.57. The van der Waals surface area contributed by atoms with E-state index in [1.807, 2.05) is 12.1 Å². The zero-order chi connectivity index (χ0) is 18.6. The summed E-state index contributed by atoms with van der Waals surface area (Å²) in [6.45, 7) is 0. The van der Waals surface area contributed by atoms with E-state index in [1.165, 1.54) is 27.6 Å². The van der Waals surface area contributed by atoms with Crippen molar-refractivity contribution in [2.24, 2.45) is 0 Å². The number of rotatable bonds is 2. The normalized spacial score (nSPS) is 10.3. The zero-order valence-corrected chi connectivity index (χ0v) is 15.5. The van der Waals surface area contributed by atoms with Crippen LogP contribution in [0.3, 0.4) is 0 Å². The first-order chi connectivity index (χ1) is 13.2. The van der Waals surface area contributed by atoms with Gasteiger partial charge in [0.1, 0.15) is 0 Å². The average molecular weight is 348 g/mol. The molecule has 0 fully saturated rings. The number of hydrogen-bond donors (Lipinski definition) is 0. The smallest absolute Gasteiger partial charge is 0.0446 e. The van der Waals surface area contributed by atoms with E-state index in [2.05, 4.69) is 96.5 Å². The van der Waals surface area contributed by atoms with E-state index in [9.17, 15) is 0 Å².